The van der Waals surface area contributed by atoms with E-state index in [-0.39, 0.29) is 12.1 Å². The molecule has 5 heteroatoms. The molecule has 1 fully saturated rings. The van der Waals surface area contributed by atoms with Crippen molar-refractivity contribution in [1.29, 1.82) is 0 Å². The summed E-state index contributed by atoms with van der Waals surface area (Å²) < 4.78 is 4.61. The first-order chi connectivity index (χ1) is 9.21. The van der Waals surface area contributed by atoms with Crippen LogP contribution in [-0.4, -0.2) is 37.2 Å². The van der Waals surface area contributed by atoms with Gasteiger partial charge >= 0.3 is 6.09 Å². The number of likely N-dealkylation sites (tertiary alicyclic amines) is 1. The van der Waals surface area contributed by atoms with Crippen LogP contribution in [0.2, 0.25) is 0 Å². The maximum atomic E-state index is 11.2. The molecule has 0 saturated carbocycles. The standard InChI is InChI=1S/C14H21N3O2/c1-19-14(18)16-13-5-6-17(10-13)9-12-4-2-3-11(7-12)8-15/h2-4,7,13H,5-6,8-10,15H2,1H3,(H,16,18). The zero-order chi connectivity index (χ0) is 13.7. The second-order valence-electron chi connectivity index (χ2n) is 4.88. The van der Waals surface area contributed by atoms with E-state index in [1.807, 2.05) is 12.1 Å². The van der Waals surface area contributed by atoms with Crippen molar-refractivity contribution in [3.63, 3.8) is 0 Å². The second-order valence-corrected chi connectivity index (χ2v) is 4.88. The molecule has 104 valence electrons. The number of carbonyl (C=O) groups is 1. The van der Waals surface area contributed by atoms with E-state index in [9.17, 15) is 4.79 Å². The quantitative estimate of drug-likeness (QED) is 0.853. The highest BCUT2D eigenvalue weighted by Crippen LogP contribution is 2.14. The van der Waals surface area contributed by atoms with Crippen LogP contribution in [0.1, 0.15) is 17.5 Å². The summed E-state index contributed by atoms with van der Waals surface area (Å²) in [5.74, 6) is 0. The molecule has 3 N–H and O–H groups in total. The molecule has 1 heterocycles. The van der Waals surface area contributed by atoms with Gasteiger partial charge in [-0.2, -0.15) is 0 Å². The van der Waals surface area contributed by atoms with Crippen molar-refractivity contribution in [2.75, 3.05) is 20.2 Å². The van der Waals surface area contributed by atoms with E-state index in [0.717, 1.165) is 31.6 Å². The Kier molecular flexibility index (Phi) is 4.76. The summed E-state index contributed by atoms with van der Waals surface area (Å²) in [7, 11) is 1.39. The first-order valence-corrected chi connectivity index (χ1v) is 6.56. The molecule has 2 rings (SSSR count). The summed E-state index contributed by atoms with van der Waals surface area (Å²) >= 11 is 0. The molecule has 5 nitrogen and oxygen atoms in total. The fourth-order valence-corrected chi connectivity index (χ4v) is 2.43. The molecule has 19 heavy (non-hydrogen) atoms. The van der Waals surface area contributed by atoms with Crippen LogP contribution in [0.25, 0.3) is 0 Å². The number of ether oxygens (including phenoxy) is 1. The van der Waals surface area contributed by atoms with Gasteiger partial charge in [-0.3, -0.25) is 4.90 Å². The molecule has 0 aliphatic carbocycles. The van der Waals surface area contributed by atoms with Gasteiger partial charge in [-0.05, 0) is 17.5 Å². The number of benzene rings is 1. The molecule has 1 aromatic carbocycles. The maximum absolute atomic E-state index is 11.2. The molecular weight excluding hydrogens is 242 g/mol. The van der Waals surface area contributed by atoms with Crippen LogP contribution in [0.15, 0.2) is 24.3 Å². The van der Waals surface area contributed by atoms with E-state index in [0.29, 0.717) is 6.54 Å². The molecule has 0 aromatic heterocycles. The Labute approximate surface area is 113 Å². The molecular formula is C14H21N3O2. The van der Waals surface area contributed by atoms with E-state index in [1.54, 1.807) is 0 Å². The Bertz CT molecular complexity index is 436. The third-order valence-electron chi connectivity index (χ3n) is 3.41. The Morgan fingerprint density at radius 2 is 2.32 bits per heavy atom. The zero-order valence-corrected chi connectivity index (χ0v) is 11.3. The second kappa shape index (κ2) is 6.54. The first kappa shape index (κ1) is 13.8. The molecule has 1 atom stereocenters. The van der Waals surface area contributed by atoms with Gasteiger partial charge in [0.1, 0.15) is 0 Å². The van der Waals surface area contributed by atoms with E-state index in [4.69, 9.17) is 5.73 Å². The van der Waals surface area contributed by atoms with Gasteiger partial charge in [-0.25, -0.2) is 4.79 Å². The molecule has 0 radical (unpaired) electrons. The first-order valence-electron chi connectivity index (χ1n) is 6.56. The van der Waals surface area contributed by atoms with Crippen molar-refractivity contribution < 1.29 is 9.53 Å². The van der Waals surface area contributed by atoms with E-state index in [2.05, 4.69) is 27.1 Å². The summed E-state index contributed by atoms with van der Waals surface area (Å²) in [4.78, 5) is 13.5. The third kappa shape index (κ3) is 3.94. The maximum Gasteiger partial charge on any atom is 0.407 e. The van der Waals surface area contributed by atoms with Crippen LogP contribution in [0.5, 0.6) is 0 Å². The average molecular weight is 263 g/mol. The Hall–Kier alpha value is -1.59. The predicted octanol–water partition coefficient (Wildman–Crippen LogP) is 1.08. The van der Waals surface area contributed by atoms with Crippen LogP contribution in [0.3, 0.4) is 0 Å². The Morgan fingerprint density at radius 3 is 3.05 bits per heavy atom. The number of nitrogens with two attached hydrogens (primary N) is 1. The minimum Gasteiger partial charge on any atom is -0.453 e. The van der Waals surface area contributed by atoms with Gasteiger partial charge in [0.05, 0.1) is 7.11 Å². The van der Waals surface area contributed by atoms with E-state index >= 15 is 0 Å². The number of hydrogen-bond donors (Lipinski definition) is 2. The molecule has 1 saturated heterocycles. The monoisotopic (exact) mass is 263 g/mol. The lowest BCUT2D eigenvalue weighted by Crippen LogP contribution is -2.36. The van der Waals surface area contributed by atoms with Gasteiger partial charge in [-0.1, -0.05) is 24.3 Å². The number of nitrogens with one attached hydrogen (secondary N) is 1. The molecule has 1 aliphatic heterocycles. The molecule has 1 aliphatic rings. The average Bonchev–Trinajstić information content (AvgIpc) is 2.86. The highest BCUT2D eigenvalue weighted by molar-refractivity contribution is 5.67. The summed E-state index contributed by atoms with van der Waals surface area (Å²) in [6, 6.07) is 8.51. The Balaban J connectivity index is 1.85. The molecule has 0 spiro atoms. The summed E-state index contributed by atoms with van der Waals surface area (Å²) in [5, 5.41) is 2.84. The number of rotatable bonds is 4. The van der Waals surface area contributed by atoms with Gasteiger partial charge in [0, 0.05) is 32.2 Å². The summed E-state index contributed by atoms with van der Waals surface area (Å²) in [5.41, 5.74) is 8.06. The number of hydrogen-bond acceptors (Lipinski definition) is 4. The van der Waals surface area contributed by atoms with Crippen molar-refractivity contribution in [1.82, 2.24) is 10.2 Å². The number of alkyl carbamates (subject to hydrolysis) is 1. The van der Waals surface area contributed by atoms with Crippen LogP contribution in [0, 0.1) is 0 Å². The van der Waals surface area contributed by atoms with Gasteiger partial charge in [0.15, 0.2) is 0 Å². The number of carbonyl (C=O) groups excluding carboxylic acids is 1. The summed E-state index contributed by atoms with van der Waals surface area (Å²) in [6.07, 6.45) is 0.614. The topological polar surface area (TPSA) is 67.6 Å². The number of methoxy groups -OCH3 is 1. The van der Waals surface area contributed by atoms with Gasteiger partial charge in [0.25, 0.3) is 0 Å². The van der Waals surface area contributed by atoms with E-state index in [1.165, 1.54) is 12.7 Å². The highest BCUT2D eigenvalue weighted by atomic mass is 16.5. The number of nitrogens with zero attached hydrogens (tertiary/aromatic N) is 1. The molecule has 1 unspecified atom stereocenters. The molecule has 0 bridgehead atoms. The minimum atomic E-state index is -0.350. The SMILES string of the molecule is COC(=O)NC1CCN(Cc2cccc(CN)c2)C1. The minimum absolute atomic E-state index is 0.185. The largest absolute Gasteiger partial charge is 0.453 e. The smallest absolute Gasteiger partial charge is 0.407 e. The van der Waals surface area contributed by atoms with Crippen LogP contribution in [0.4, 0.5) is 4.79 Å². The normalized spacial score (nSPS) is 19.4. The van der Waals surface area contributed by atoms with Crippen LogP contribution in [-0.2, 0) is 17.8 Å². The fraction of sp³-hybridized carbons (Fsp3) is 0.500. The van der Waals surface area contributed by atoms with Crippen molar-refractivity contribution in [3.8, 4) is 0 Å². The summed E-state index contributed by atoms with van der Waals surface area (Å²) in [6.45, 7) is 3.32. The molecule has 1 aromatic rings. The zero-order valence-electron chi connectivity index (χ0n) is 11.3. The van der Waals surface area contributed by atoms with Gasteiger partial charge in [0.2, 0.25) is 0 Å². The van der Waals surface area contributed by atoms with Crippen molar-refractivity contribution in [3.05, 3.63) is 35.4 Å². The Morgan fingerprint density at radius 1 is 1.53 bits per heavy atom. The molecule has 1 amide bonds. The van der Waals surface area contributed by atoms with Crippen molar-refractivity contribution in [2.24, 2.45) is 5.73 Å². The lowest BCUT2D eigenvalue weighted by molar-refractivity contribution is 0.166. The lowest BCUT2D eigenvalue weighted by atomic mass is 10.1. The van der Waals surface area contributed by atoms with Crippen LogP contribution < -0.4 is 11.1 Å². The lowest BCUT2D eigenvalue weighted by Gasteiger charge is -2.16. The van der Waals surface area contributed by atoms with Crippen molar-refractivity contribution >= 4 is 6.09 Å². The van der Waals surface area contributed by atoms with E-state index < -0.39 is 0 Å². The fourth-order valence-electron chi connectivity index (χ4n) is 2.43. The van der Waals surface area contributed by atoms with Crippen LogP contribution >= 0.6 is 0 Å². The predicted molar refractivity (Wildman–Crippen MR) is 73.6 cm³/mol. The third-order valence-corrected chi connectivity index (χ3v) is 3.41. The van der Waals surface area contributed by atoms with Gasteiger partial charge in [-0.15, -0.1) is 0 Å². The van der Waals surface area contributed by atoms with Crippen molar-refractivity contribution in [2.45, 2.75) is 25.6 Å². The van der Waals surface area contributed by atoms with Gasteiger partial charge < -0.3 is 15.8 Å². The number of amides is 1. The highest BCUT2D eigenvalue weighted by Gasteiger charge is 2.23.